The molecule has 0 fully saturated rings. The van der Waals surface area contributed by atoms with Crippen molar-refractivity contribution >= 4 is 23.2 Å². The second kappa shape index (κ2) is 7.04. The summed E-state index contributed by atoms with van der Waals surface area (Å²) in [6, 6.07) is 12.7. The molecule has 0 aromatic heterocycles. The van der Waals surface area contributed by atoms with Crippen molar-refractivity contribution in [2.45, 2.75) is 19.4 Å². The minimum Gasteiger partial charge on any atom is -0.345 e. The van der Waals surface area contributed by atoms with Gasteiger partial charge in [0.1, 0.15) is 0 Å². The van der Waals surface area contributed by atoms with Crippen LogP contribution in [0.15, 0.2) is 48.5 Å². The van der Waals surface area contributed by atoms with Crippen molar-refractivity contribution in [3.63, 3.8) is 0 Å². The van der Waals surface area contributed by atoms with Crippen LogP contribution in [0.4, 0.5) is 5.69 Å². The van der Waals surface area contributed by atoms with Crippen LogP contribution in [-0.4, -0.2) is 10.8 Å². The normalized spacial score (nSPS) is 11.7. The fourth-order valence-corrected chi connectivity index (χ4v) is 2.22. The molecule has 5 nitrogen and oxygen atoms in total. The van der Waals surface area contributed by atoms with Gasteiger partial charge in [-0.1, -0.05) is 30.7 Å². The summed E-state index contributed by atoms with van der Waals surface area (Å²) in [4.78, 5) is 22.3. The van der Waals surface area contributed by atoms with Crippen molar-refractivity contribution in [2.24, 2.45) is 0 Å². The summed E-state index contributed by atoms with van der Waals surface area (Å²) < 4.78 is 0. The fraction of sp³-hybridized carbons (Fsp3) is 0.188. The lowest BCUT2D eigenvalue weighted by molar-refractivity contribution is -0.384. The van der Waals surface area contributed by atoms with E-state index >= 15 is 0 Å². The van der Waals surface area contributed by atoms with E-state index in [0.29, 0.717) is 10.6 Å². The van der Waals surface area contributed by atoms with Crippen LogP contribution >= 0.6 is 11.6 Å². The van der Waals surface area contributed by atoms with Crippen molar-refractivity contribution in [1.82, 2.24) is 5.32 Å². The highest BCUT2D eigenvalue weighted by Crippen LogP contribution is 2.20. The summed E-state index contributed by atoms with van der Waals surface area (Å²) in [7, 11) is 0. The molecule has 0 radical (unpaired) electrons. The predicted octanol–water partition coefficient (Wildman–Crippen LogP) is 4.13. The maximum Gasteiger partial charge on any atom is 0.269 e. The van der Waals surface area contributed by atoms with Crippen LogP contribution in [0.25, 0.3) is 0 Å². The Morgan fingerprint density at radius 3 is 2.27 bits per heavy atom. The highest BCUT2D eigenvalue weighted by Gasteiger charge is 2.15. The number of rotatable bonds is 5. The quantitative estimate of drug-likeness (QED) is 0.665. The van der Waals surface area contributed by atoms with Crippen molar-refractivity contribution in [3.05, 3.63) is 74.8 Å². The van der Waals surface area contributed by atoms with Gasteiger partial charge >= 0.3 is 0 Å². The van der Waals surface area contributed by atoms with E-state index in [2.05, 4.69) is 5.32 Å². The van der Waals surface area contributed by atoms with Crippen LogP contribution in [0.1, 0.15) is 35.3 Å². The van der Waals surface area contributed by atoms with Gasteiger partial charge in [0.15, 0.2) is 0 Å². The number of nitro groups is 1. The minimum atomic E-state index is -0.496. The number of amides is 1. The molecule has 1 atom stereocenters. The number of nitrogens with zero attached hydrogens (tertiary/aromatic N) is 1. The molecule has 1 amide bonds. The van der Waals surface area contributed by atoms with E-state index in [1.807, 2.05) is 19.1 Å². The van der Waals surface area contributed by atoms with Crippen LogP contribution in [0.3, 0.4) is 0 Å². The Morgan fingerprint density at radius 2 is 1.77 bits per heavy atom. The van der Waals surface area contributed by atoms with Gasteiger partial charge in [-0.15, -0.1) is 0 Å². The first-order valence-corrected chi connectivity index (χ1v) is 7.20. The average molecular weight is 319 g/mol. The summed E-state index contributed by atoms with van der Waals surface area (Å²) in [5.74, 6) is -0.267. The fourth-order valence-electron chi connectivity index (χ4n) is 2.09. The number of nitro benzene ring substituents is 1. The van der Waals surface area contributed by atoms with Gasteiger partial charge in [0.2, 0.25) is 0 Å². The van der Waals surface area contributed by atoms with Gasteiger partial charge in [-0.2, -0.15) is 0 Å². The van der Waals surface area contributed by atoms with Crippen LogP contribution in [0.2, 0.25) is 5.02 Å². The number of halogens is 1. The van der Waals surface area contributed by atoms with Crippen molar-refractivity contribution in [3.8, 4) is 0 Å². The molecule has 2 aromatic carbocycles. The number of non-ortho nitro benzene ring substituents is 1. The molecule has 22 heavy (non-hydrogen) atoms. The topological polar surface area (TPSA) is 72.2 Å². The number of nitrogens with one attached hydrogen (secondary N) is 1. The van der Waals surface area contributed by atoms with Gasteiger partial charge < -0.3 is 5.32 Å². The first-order chi connectivity index (χ1) is 10.5. The van der Waals surface area contributed by atoms with E-state index in [-0.39, 0.29) is 17.6 Å². The van der Waals surface area contributed by atoms with Crippen LogP contribution in [-0.2, 0) is 0 Å². The second-order valence-corrected chi connectivity index (χ2v) is 5.23. The Hall–Kier alpha value is -2.40. The minimum absolute atomic E-state index is 0.0405. The second-order valence-electron chi connectivity index (χ2n) is 4.79. The summed E-state index contributed by atoms with van der Waals surface area (Å²) in [5, 5.41) is 14.2. The summed E-state index contributed by atoms with van der Waals surface area (Å²) >= 11 is 5.86. The SMILES string of the molecule is CCC(NC(=O)c1ccc([N+](=O)[O-])cc1)c1ccc(Cl)cc1. The number of carbonyl (C=O) groups excluding carboxylic acids is 1. The number of hydrogen-bond acceptors (Lipinski definition) is 3. The molecule has 2 aromatic rings. The molecule has 0 aliphatic carbocycles. The van der Waals surface area contributed by atoms with E-state index in [1.165, 1.54) is 24.3 Å². The summed E-state index contributed by atoms with van der Waals surface area (Å²) in [6.07, 6.45) is 0.723. The van der Waals surface area contributed by atoms with E-state index in [4.69, 9.17) is 11.6 Å². The molecule has 0 heterocycles. The lowest BCUT2D eigenvalue weighted by atomic mass is 10.0. The zero-order valence-electron chi connectivity index (χ0n) is 12.0. The highest BCUT2D eigenvalue weighted by atomic mass is 35.5. The van der Waals surface area contributed by atoms with Gasteiger partial charge in [0, 0.05) is 22.7 Å². The Bertz CT molecular complexity index is 669. The van der Waals surface area contributed by atoms with Gasteiger partial charge in [-0.05, 0) is 36.2 Å². The van der Waals surface area contributed by atoms with Gasteiger partial charge in [-0.3, -0.25) is 14.9 Å². The molecular formula is C16H15ClN2O3. The van der Waals surface area contributed by atoms with Gasteiger partial charge in [-0.25, -0.2) is 0 Å². The van der Waals surface area contributed by atoms with Crippen molar-refractivity contribution in [1.29, 1.82) is 0 Å². The lowest BCUT2D eigenvalue weighted by Gasteiger charge is -2.17. The molecule has 2 rings (SSSR count). The van der Waals surface area contributed by atoms with E-state index in [9.17, 15) is 14.9 Å². The molecule has 0 spiro atoms. The number of carbonyl (C=O) groups is 1. The Kier molecular flexibility index (Phi) is 5.12. The average Bonchev–Trinajstić information content (AvgIpc) is 2.53. The molecule has 0 aliphatic heterocycles. The maximum atomic E-state index is 12.2. The zero-order valence-corrected chi connectivity index (χ0v) is 12.7. The van der Waals surface area contributed by atoms with Crippen LogP contribution < -0.4 is 5.32 Å². The zero-order chi connectivity index (χ0) is 16.1. The molecule has 6 heteroatoms. The van der Waals surface area contributed by atoms with Gasteiger partial charge in [0.05, 0.1) is 11.0 Å². The Morgan fingerprint density at radius 1 is 1.18 bits per heavy atom. The smallest absolute Gasteiger partial charge is 0.269 e. The van der Waals surface area contributed by atoms with Crippen LogP contribution in [0.5, 0.6) is 0 Å². The molecule has 0 saturated heterocycles. The van der Waals surface area contributed by atoms with Gasteiger partial charge in [0.25, 0.3) is 11.6 Å². The van der Waals surface area contributed by atoms with Crippen molar-refractivity contribution < 1.29 is 9.72 Å². The predicted molar refractivity (Wildman–Crippen MR) is 85.0 cm³/mol. The molecule has 1 N–H and O–H groups in total. The molecule has 114 valence electrons. The standard InChI is InChI=1S/C16H15ClN2O3/c1-2-15(11-3-7-13(17)8-4-11)18-16(20)12-5-9-14(10-6-12)19(21)22/h3-10,15H,2H2,1H3,(H,18,20). The largest absolute Gasteiger partial charge is 0.345 e. The van der Waals surface area contributed by atoms with E-state index in [0.717, 1.165) is 12.0 Å². The third-order valence-corrected chi connectivity index (χ3v) is 3.58. The summed E-state index contributed by atoms with van der Waals surface area (Å²) in [6.45, 7) is 1.97. The lowest BCUT2D eigenvalue weighted by Crippen LogP contribution is -2.28. The molecule has 1 unspecified atom stereocenters. The monoisotopic (exact) mass is 318 g/mol. The molecule has 0 saturated carbocycles. The van der Waals surface area contributed by atoms with Crippen molar-refractivity contribution in [2.75, 3.05) is 0 Å². The maximum absolute atomic E-state index is 12.2. The third-order valence-electron chi connectivity index (χ3n) is 3.33. The van der Waals surface area contributed by atoms with Crippen LogP contribution in [0, 0.1) is 10.1 Å². The van der Waals surface area contributed by atoms with E-state index < -0.39 is 4.92 Å². The Balaban J connectivity index is 2.11. The molecule has 0 aliphatic rings. The highest BCUT2D eigenvalue weighted by molar-refractivity contribution is 6.30. The first kappa shape index (κ1) is 16.0. The number of benzene rings is 2. The molecular weight excluding hydrogens is 304 g/mol. The molecule has 0 bridgehead atoms. The third kappa shape index (κ3) is 3.83. The summed E-state index contributed by atoms with van der Waals surface area (Å²) in [5.41, 5.74) is 1.31. The first-order valence-electron chi connectivity index (χ1n) is 6.82. The Labute approximate surface area is 133 Å². The number of hydrogen-bond donors (Lipinski definition) is 1. The van der Waals surface area contributed by atoms with E-state index in [1.54, 1.807) is 12.1 Å².